The molecule has 0 saturated carbocycles. The third kappa shape index (κ3) is 2.66. The molecular weight excluding hydrogens is 202 g/mol. The van der Waals surface area contributed by atoms with Crippen molar-refractivity contribution >= 4 is 0 Å². The van der Waals surface area contributed by atoms with Crippen LogP contribution in [-0.2, 0) is 13.2 Å². The normalized spacial score (nSPS) is 22.1. The maximum absolute atomic E-state index is 8.92. The van der Waals surface area contributed by atoms with Crippen molar-refractivity contribution in [1.29, 1.82) is 0 Å². The zero-order chi connectivity index (χ0) is 11.5. The second-order valence-electron chi connectivity index (χ2n) is 5.05. The van der Waals surface area contributed by atoms with E-state index in [2.05, 4.69) is 18.7 Å². The second-order valence-corrected chi connectivity index (χ2v) is 5.05. The molecule has 3 heteroatoms. The maximum Gasteiger partial charge on any atom is 0.129 e. The Morgan fingerprint density at radius 3 is 2.75 bits per heavy atom. The van der Waals surface area contributed by atoms with E-state index < -0.39 is 0 Å². The topological polar surface area (TPSA) is 36.6 Å². The molecule has 0 radical (unpaired) electrons. The first-order valence-electron chi connectivity index (χ1n) is 6.10. The Morgan fingerprint density at radius 2 is 2.19 bits per heavy atom. The van der Waals surface area contributed by atoms with Gasteiger partial charge in [0.25, 0.3) is 0 Å². The van der Waals surface area contributed by atoms with Crippen molar-refractivity contribution in [3.8, 4) is 0 Å². The SMILES string of the molecule is CC(C)C1CCN(Cc2ccc(CO)o2)C1. The number of rotatable bonds is 4. The van der Waals surface area contributed by atoms with Crippen LogP contribution in [0.15, 0.2) is 16.5 Å². The van der Waals surface area contributed by atoms with Crippen LogP contribution in [0.5, 0.6) is 0 Å². The lowest BCUT2D eigenvalue weighted by atomic mass is 9.95. The molecule has 1 fully saturated rings. The maximum atomic E-state index is 8.92. The molecule has 1 aromatic rings. The van der Waals surface area contributed by atoms with Gasteiger partial charge in [-0.1, -0.05) is 13.8 Å². The van der Waals surface area contributed by atoms with Gasteiger partial charge < -0.3 is 9.52 Å². The summed E-state index contributed by atoms with van der Waals surface area (Å²) in [5.41, 5.74) is 0. The molecule has 2 heterocycles. The van der Waals surface area contributed by atoms with Gasteiger partial charge in [0.05, 0.1) is 6.54 Å². The van der Waals surface area contributed by atoms with Gasteiger partial charge in [-0.15, -0.1) is 0 Å². The fraction of sp³-hybridized carbons (Fsp3) is 0.692. The molecule has 1 N–H and O–H groups in total. The van der Waals surface area contributed by atoms with E-state index in [0.717, 1.165) is 30.7 Å². The Morgan fingerprint density at radius 1 is 1.44 bits per heavy atom. The summed E-state index contributed by atoms with van der Waals surface area (Å²) in [6.45, 7) is 7.80. The van der Waals surface area contributed by atoms with Crippen molar-refractivity contribution in [2.24, 2.45) is 11.8 Å². The molecule has 16 heavy (non-hydrogen) atoms. The Labute approximate surface area is 97.1 Å². The Kier molecular flexibility index (Phi) is 3.66. The lowest BCUT2D eigenvalue weighted by molar-refractivity contribution is 0.229. The summed E-state index contributed by atoms with van der Waals surface area (Å²) in [5, 5.41) is 8.92. The van der Waals surface area contributed by atoms with Gasteiger partial charge in [0, 0.05) is 6.54 Å². The zero-order valence-corrected chi connectivity index (χ0v) is 10.1. The number of furan rings is 1. The van der Waals surface area contributed by atoms with Gasteiger partial charge in [0.1, 0.15) is 18.1 Å². The van der Waals surface area contributed by atoms with Crippen LogP contribution < -0.4 is 0 Å². The quantitative estimate of drug-likeness (QED) is 0.850. The van der Waals surface area contributed by atoms with Gasteiger partial charge in [0.15, 0.2) is 0 Å². The summed E-state index contributed by atoms with van der Waals surface area (Å²) in [7, 11) is 0. The van der Waals surface area contributed by atoms with E-state index in [0.29, 0.717) is 5.76 Å². The van der Waals surface area contributed by atoms with Gasteiger partial charge in [-0.05, 0) is 36.9 Å². The van der Waals surface area contributed by atoms with Crippen molar-refractivity contribution < 1.29 is 9.52 Å². The highest BCUT2D eigenvalue weighted by molar-refractivity contribution is 5.06. The van der Waals surface area contributed by atoms with Crippen molar-refractivity contribution in [2.45, 2.75) is 33.4 Å². The van der Waals surface area contributed by atoms with Crippen molar-refractivity contribution in [3.05, 3.63) is 23.7 Å². The van der Waals surface area contributed by atoms with Gasteiger partial charge in [-0.25, -0.2) is 0 Å². The number of hydrogen-bond acceptors (Lipinski definition) is 3. The van der Waals surface area contributed by atoms with E-state index in [-0.39, 0.29) is 6.61 Å². The molecule has 0 amide bonds. The number of hydrogen-bond donors (Lipinski definition) is 1. The zero-order valence-electron chi connectivity index (χ0n) is 10.1. The molecule has 2 rings (SSSR count). The Bertz CT molecular complexity index is 332. The van der Waals surface area contributed by atoms with Crippen molar-refractivity contribution in [1.82, 2.24) is 4.90 Å². The lowest BCUT2D eigenvalue weighted by Gasteiger charge is -2.16. The van der Waals surface area contributed by atoms with E-state index in [1.165, 1.54) is 13.0 Å². The van der Waals surface area contributed by atoms with E-state index in [1.807, 2.05) is 12.1 Å². The van der Waals surface area contributed by atoms with Gasteiger partial charge in [0.2, 0.25) is 0 Å². The molecule has 3 nitrogen and oxygen atoms in total. The second kappa shape index (κ2) is 5.02. The molecule has 1 aliphatic rings. The summed E-state index contributed by atoms with van der Waals surface area (Å²) in [4.78, 5) is 2.44. The molecule has 1 aromatic heterocycles. The van der Waals surface area contributed by atoms with Crippen LogP contribution >= 0.6 is 0 Å². The van der Waals surface area contributed by atoms with Crippen LogP contribution in [0.3, 0.4) is 0 Å². The third-order valence-corrected chi connectivity index (χ3v) is 3.50. The van der Waals surface area contributed by atoms with Crippen LogP contribution in [0.4, 0.5) is 0 Å². The van der Waals surface area contributed by atoms with Crippen LogP contribution in [0, 0.1) is 11.8 Å². The minimum Gasteiger partial charge on any atom is -0.462 e. The van der Waals surface area contributed by atoms with Crippen LogP contribution in [0.25, 0.3) is 0 Å². The summed E-state index contributed by atoms with van der Waals surface area (Å²) < 4.78 is 5.50. The van der Waals surface area contributed by atoms with E-state index >= 15 is 0 Å². The minimum absolute atomic E-state index is 0.00534. The van der Waals surface area contributed by atoms with Crippen LogP contribution in [0.1, 0.15) is 31.8 Å². The molecule has 0 aliphatic carbocycles. The number of aliphatic hydroxyl groups is 1. The number of nitrogens with zero attached hydrogens (tertiary/aromatic N) is 1. The molecule has 0 aromatic carbocycles. The van der Waals surface area contributed by atoms with Crippen molar-refractivity contribution in [3.63, 3.8) is 0 Å². The summed E-state index contributed by atoms with van der Waals surface area (Å²) >= 11 is 0. The first kappa shape index (κ1) is 11.7. The first-order chi connectivity index (χ1) is 7.69. The van der Waals surface area contributed by atoms with Crippen LogP contribution in [-0.4, -0.2) is 23.1 Å². The third-order valence-electron chi connectivity index (χ3n) is 3.50. The molecule has 1 aliphatic heterocycles. The molecule has 1 atom stereocenters. The monoisotopic (exact) mass is 223 g/mol. The fourth-order valence-electron chi connectivity index (χ4n) is 2.36. The largest absolute Gasteiger partial charge is 0.462 e. The van der Waals surface area contributed by atoms with Gasteiger partial charge in [-0.2, -0.15) is 0 Å². The molecule has 0 spiro atoms. The van der Waals surface area contributed by atoms with Gasteiger partial charge in [-0.3, -0.25) is 4.90 Å². The first-order valence-corrected chi connectivity index (χ1v) is 6.10. The van der Waals surface area contributed by atoms with E-state index in [9.17, 15) is 0 Å². The van der Waals surface area contributed by atoms with Crippen molar-refractivity contribution in [2.75, 3.05) is 13.1 Å². The highest BCUT2D eigenvalue weighted by Gasteiger charge is 2.25. The molecule has 1 unspecified atom stereocenters. The number of aliphatic hydroxyl groups excluding tert-OH is 1. The predicted octanol–water partition coefficient (Wildman–Crippen LogP) is 2.25. The molecule has 90 valence electrons. The van der Waals surface area contributed by atoms with E-state index in [1.54, 1.807) is 0 Å². The average Bonchev–Trinajstić information content (AvgIpc) is 2.87. The predicted molar refractivity (Wildman–Crippen MR) is 62.9 cm³/mol. The lowest BCUT2D eigenvalue weighted by Crippen LogP contribution is -2.21. The molecular formula is C13H21NO2. The fourth-order valence-corrected chi connectivity index (χ4v) is 2.36. The Balaban J connectivity index is 1.87. The molecule has 1 saturated heterocycles. The Hall–Kier alpha value is -0.800. The average molecular weight is 223 g/mol. The standard InChI is InChI=1S/C13H21NO2/c1-10(2)11-5-6-14(7-11)8-12-3-4-13(9-15)16-12/h3-4,10-11,15H,5-9H2,1-2H3. The highest BCUT2D eigenvalue weighted by Crippen LogP contribution is 2.25. The number of likely N-dealkylation sites (tertiary alicyclic amines) is 1. The summed E-state index contributed by atoms with van der Waals surface area (Å²) in [6, 6.07) is 3.82. The summed E-state index contributed by atoms with van der Waals surface area (Å²) in [5.74, 6) is 3.23. The molecule has 0 bridgehead atoms. The minimum atomic E-state index is -0.00534. The smallest absolute Gasteiger partial charge is 0.129 e. The van der Waals surface area contributed by atoms with Gasteiger partial charge >= 0.3 is 0 Å². The summed E-state index contributed by atoms with van der Waals surface area (Å²) in [6.07, 6.45) is 1.30. The van der Waals surface area contributed by atoms with Crippen LogP contribution in [0.2, 0.25) is 0 Å². The highest BCUT2D eigenvalue weighted by atomic mass is 16.4. The van der Waals surface area contributed by atoms with E-state index in [4.69, 9.17) is 9.52 Å².